The van der Waals surface area contributed by atoms with Crippen LogP contribution >= 0.6 is 0 Å². The van der Waals surface area contributed by atoms with Crippen LogP contribution in [0.25, 0.3) is 0 Å². The van der Waals surface area contributed by atoms with Gasteiger partial charge in [-0.25, -0.2) is 0 Å². The van der Waals surface area contributed by atoms with Gasteiger partial charge in [-0.3, -0.25) is 0 Å². The number of hydrogen-bond acceptors (Lipinski definition) is 4. The predicted molar refractivity (Wildman–Crippen MR) is 23.5 cm³/mol. The van der Waals surface area contributed by atoms with Crippen molar-refractivity contribution in [3.8, 4) is 0 Å². The van der Waals surface area contributed by atoms with Crippen LogP contribution in [-0.2, 0) is 35.2 Å². The number of carbonyl (C=O) groups excluding carboxylic acids is 2. The zero-order chi connectivity index (χ0) is 7.28. The van der Waals surface area contributed by atoms with E-state index in [1.165, 1.54) is 13.8 Å². The Morgan fingerprint density at radius 2 is 1.44 bits per heavy atom. The van der Waals surface area contributed by atoms with Crippen LogP contribution in [0.4, 0.5) is 0 Å². The molecular formula is C4H6O4Pd-2. The summed E-state index contributed by atoms with van der Waals surface area (Å²) in [5, 5.41) is 0. The van der Waals surface area contributed by atoms with Crippen molar-refractivity contribution in [2.24, 2.45) is 0 Å². The summed E-state index contributed by atoms with van der Waals surface area (Å²) in [6.07, 6.45) is 0. The topological polar surface area (TPSA) is 52.6 Å². The molecule has 0 unspecified atom stereocenters. The van der Waals surface area contributed by atoms with Gasteiger partial charge in [0.05, 0.1) is 0 Å². The molecule has 0 aliphatic heterocycles. The van der Waals surface area contributed by atoms with Crippen LogP contribution in [0.2, 0.25) is 0 Å². The molecule has 0 bridgehead atoms. The molecule has 0 aliphatic rings. The molecule has 0 heterocycles. The molecule has 0 radical (unpaired) electrons. The first kappa shape index (κ1) is 8.60. The molecule has 0 fully saturated rings. The summed E-state index contributed by atoms with van der Waals surface area (Å²) >= 11 is -0.681. The van der Waals surface area contributed by atoms with Crippen LogP contribution in [0.1, 0.15) is 13.8 Å². The molecule has 58 valence electrons. The molecular weight excluding hydrogens is 218 g/mol. The van der Waals surface area contributed by atoms with Crippen molar-refractivity contribution >= 4 is 11.9 Å². The van der Waals surface area contributed by atoms with Crippen molar-refractivity contribution in [1.29, 1.82) is 0 Å². The minimum atomic E-state index is -0.681. The summed E-state index contributed by atoms with van der Waals surface area (Å²) < 4.78 is 8.64. The van der Waals surface area contributed by atoms with Gasteiger partial charge >= 0.3 is 61.0 Å². The van der Waals surface area contributed by atoms with Crippen molar-refractivity contribution in [3.63, 3.8) is 0 Å². The first-order chi connectivity index (χ1) is 4.13. The van der Waals surface area contributed by atoms with Crippen LogP contribution < -0.4 is 0 Å². The van der Waals surface area contributed by atoms with E-state index in [2.05, 4.69) is 6.92 Å². The van der Waals surface area contributed by atoms with Gasteiger partial charge in [-0.1, -0.05) is 0 Å². The SMILES string of the molecule is CC(=O)[O][Pd-2][O]C(C)=O. The van der Waals surface area contributed by atoms with E-state index in [1.54, 1.807) is 0 Å². The van der Waals surface area contributed by atoms with Crippen LogP contribution in [0.15, 0.2) is 0 Å². The summed E-state index contributed by atoms with van der Waals surface area (Å²) in [6.45, 7) is 2.50. The zero-order valence-electron chi connectivity index (χ0n) is 4.95. The Labute approximate surface area is 61.5 Å². The molecule has 0 spiro atoms. The van der Waals surface area contributed by atoms with Gasteiger partial charge in [0, 0.05) is 0 Å². The Hall–Kier alpha value is -0.398. The van der Waals surface area contributed by atoms with E-state index >= 15 is 0 Å². The van der Waals surface area contributed by atoms with Crippen LogP contribution in [-0.4, -0.2) is 11.9 Å². The standard InChI is InChI=1S/2C2H4O2.Pd/c2*1-2(3)4;/h2*1H3,(H,3,4);/p-2. The third kappa shape index (κ3) is 7.60. The Bertz CT molecular complexity index is 108. The van der Waals surface area contributed by atoms with Crippen molar-refractivity contribution in [1.82, 2.24) is 0 Å². The maximum atomic E-state index is 10.0. The molecule has 0 N–H and O–H groups in total. The molecule has 9 heavy (non-hydrogen) atoms. The van der Waals surface area contributed by atoms with E-state index in [9.17, 15) is 9.59 Å². The summed E-state index contributed by atoms with van der Waals surface area (Å²) in [7, 11) is 0. The second-order valence-corrected chi connectivity index (χ2v) is 2.06. The molecule has 4 nitrogen and oxygen atoms in total. The molecule has 0 atom stereocenters. The Morgan fingerprint density at radius 3 is 1.67 bits per heavy atom. The van der Waals surface area contributed by atoms with E-state index in [0.717, 1.165) is 0 Å². The first-order valence-corrected chi connectivity index (χ1v) is 3.34. The number of carbonyl (C=O) groups is 2. The molecule has 5 heteroatoms. The van der Waals surface area contributed by atoms with Crippen LogP contribution in [0.5, 0.6) is 0 Å². The summed E-state index contributed by atoms with van der Waals surface area (Å²) in [5.74, 6) is -0.879. The van der Waals surface area contributed by atoms with Gasteiger partial charge in [-0.2, -0.15) is 0 Å². The molecule has 0 aromatic heterocycles. The van der Waals surface area contributed by atoms with Gasteiger partial charge in [-0.15, -0.1) is 0 Å². The van der Waals surface area contributed by atoms with E-state index in [4.69, 9.17) is 0 Å². The van der Waals surface area contributed by atoms with Crippen LogP contribution in [0.3, 0.4) is 0 Å². The molecule has 0 amide bonds. The van der Waals surface area contributed by atoms with E-state index in [0.29, 0.717) is 0 Å². The zero-order valence-corrected chi connectivity index (χ0v) is 6.50. The minimum absolute atomic E-state index is 0.440. The predicted octanol–water partition coefficient (Wildman–Crippen LogP) is 0.0251. The number of hydrogen-bond donors (Lipinski definition) is 0. The van der Waals surface area contributed by atoms with Gasteiger partial charge in [0.2, 0.25) is 0 Å². The van der Waals surface area contributed by atoms with Crippen LogP contribution in [0, 0.1) is 0 Å². The van der Waals surface area contributed by atoms with Crippen molar-refractivity contribution in [2.75, 3.05) is 0 Å². The average molecular weight is 225 g/mol. The summed E-state index contributed by atoms with van der Waals surface area (Å²) in [5.41, 5.74) is 0. The fraction of sp³-hybridized carbons (Fsp3) is 0.500. The maximum absolute atomic E-state index is 10.0. The van der Waals surface area contributed by atoms with Crippen molar-refractivity contribution in [2.45, 2.75) is 13.8 Å². The Morgan fingerprint density at radius 1 is 1.11 bits per heavy atom. The quantitative estimate of drug-likeness (QED) is 0.621. The van der Waals surface area contributed by atoms with Gasteiger partial charge < -0.3 is 0 Å². The average Bonchev–Trinajstić information content (AvgIpc) is 1.63. The molecule has 0 saturated heterocycles. The van der Waals surface area contributed by atoms with E-state index in [-0.39, 0.29) is 0 Å². The monoisotopic (exact) mass is 224 g/mol. The Balaban J connectivity index is 3.10. The molecule has 0 aromatic carbocycles. The second-order valence-electron chi connectivity index (χ2n) is 1.16. The van der Waals surface area contributed by atoms with Crippen molar-refractivity contribution < 1.29 is 35.2 Å². The van der Waals surface area contributed by atoms with E-state index in [1.807, 2.05) is 0 Å². The summed E-state index contributed by atoms with van der Waals surface area (Å²) in [4.78, 5) is 20.0. The third-order valence-electron chi connectivity index (χ3n) is 0.235. The van der Waals surface area contributed by atoms with Gasteiger partial charge in [0.1, 0.15) is 0 Å². The first-order valence-electron chi connectivity index (χ1n) is 2.07. The molecule has 0 rings (SSSR count). The molecule has 0 aliphatic carbocycles. The number of rotatable bonds is 2. The molecule has 0 saturated carbocycles. The van der Waals surface area contributed by atoms with Gasteiger partial charge in [0.15, 0.2) is 0 Å². The normalized spacial score (nSPS) is 8.67. The summed E-state index contributed by atoms with van der Waals surface area (Å²) in [6, 6.07) is 0. The fourth-order valence-corrected chi connectivity index (χ4v) is 0.517. The third-order valence-corrected chi connectivity index (χ3v) is 1.39. The van der Waals surface area contributed by atoms with Gasteiger partial charge in [-0.05, 0) is 0 Å². The second kappa shape index (κ2) is 4.48. The molecule has 0 aromatic rings. The van der Waals surface area contributed by atoms with E-state index < -0.39 is 30.7 Å². The Kier molecular flexibility index (Phi) is 4.28. The fourth-order valence-electron chi connectivity index (χ4n) is 0.0874. The van der Waals surface area contributed by atoms with Gasteiger partial charge in [0.25, 0.3) is 0 Å². The van der Waals surface area contributed by atoms with Crippen molar-refractivity contribution in [3.05, 3.63) is 0 Å².